The van der Waals surface area contributed by atoms with Gasteiger partial charge >= 0.3 is 0 Å². The summed E-state index contributed by atoms with van der Waals surface area (Å²) < 4.78 is 27.0. The van der Waals surface area contributed by atoms with E-state index in [0.29, 0.717) is 23.6 Å². The van der Waals surface area contributed by atoms with E-state index in [0.717, 1.165) is 11.8 Å². The van der Waals surface area contributed by atoms with Gasteiger partial charge in [0.15, 0.2) is 11.6 Å². The van der Waals surface area contributed by atoms with Gasteiger partial charge in [0.25, 0.3) is 0 Å². The van der Waals surface area contributed by atoms with Crippen molar-refractivity contribution in [2.45, 2.75) is 19.4 Å². The van der Waals surface area contributed by atoms with E-state index in [1.165, 1.54) is 6.07 Å². The highest BCUT2D eigenvalue weighted by atomic mass is 35.5. The lowest BCUT2D eigenvalue weighted by Crippen LogP contribution is -2.24. The van der Waals surface area contributed by atoms with Gasteiger partial charge in [0.2, 0.25) is 0 Å². The van der Waals surface area contributed by atoms with Gasteiger partial charge in [-0.05, 0) is 36.7 Å². The summed E-state index contributed by atoms with van der Waals surface area (Å²) in [6.45, 7) is 2.65. The third kappa shape index (κ3) is 3.52. The topological polar surface area (TPSA) is 24.9 Å². The maximum absolute atomic E-state index is 13.7. The number of aromatic nitrogens is 1. The van der Waals surface area contributed by atoms with E-state index < -0.39 is 11.6 Å². The van der Waals surface area contributed by atoms with Crippen LogP contribution < -0.4 is 5.32 Å². The molecule has 20 heavy (non-hydrogen) atoms. The van der Waals surface area contributed by atoms with Crippen LogP contribution in [-0.2, 0) is 6.42 Å². The summed E-state index contributed by atoms with van der Waals surface area (Å²) >= 11 is 5.81. The van der Waals surface area contributed by atoms with Gasteiger partial charge in [-0.25, -0.2) is 8.78 Å². The van der Waals surface area contributed by atoms with Crippen molar-refractivity contribution in [3.8, 4) is 0 Å². The van der Waals surface area contributed by atoms with Crippen LogP contribution in [0.25, 0.3) is 0 Å². The fourth-order valence-electron chi connectivity index (χ4n) is 2.05. The SMILES string of the molecule is CCNC(Cc1cccc(F)c1F)c1ccc(Cl)cn1. The molecule has 0 saturated heterocycles. The first-order chi connectivity index (χ1) is 9.61. The molecule has 1 N–H and O–H groups in total. The molecule has 0 aliphatic rings. The second-order valence-electron chi connectivity index (χ2n) is 4.43. The Morgan fingerprint density at radius 2 is 2.05 bits per heavy atom. The molecule has 0 radical (unpaired) electrons. The molecule has 2 rings (SSSR count). The van der Waals surface area contributed by atoms with E-state index in [-0.39, 0.29) is 6.04 Å². The van der Waals surface area contributed by atoms with Crippen LogP contribution in [0.2, 0.25) is 5.02 Å². The average molecular weight is 297 g/mol. The number of halogens is 3. The third-order valence-corrected chi connectivity index (χ3v) is 3.24. The van der Waals surface area contributed by atoms with Gasteiger partial charge < -0.3 is 5.32 Å². The van der Waals surface area contributed by atoms with Crippen LogP contribution in [0.3, 0.4) is 0 Å². The normalized spacial score (nSPS) is 12.4. The molecular weight excluding hydrogens is 282 g/mol. The van der Waals surface area contributed by atoms with Crippen molar-refractivity contribution in [1.29, 1.82) is 0 Å². The van der Waals surface area contributed by atoms with E-state index in [1.54, 1.807) is 24.4 Å². The van der Waals surface area contributed by atoms with Crippen LogP contribution in [0.1, 0.15) is 24.2 Å². The average Bonchev–Trinajstić information content (AvgIpc) is 2.44. The zero-order valence-electron chi connectivity index (χ0n) is 11.0. The molecule has 1 unspecified atom stereocenters. The monoisotopic (exact) mass is 296 g/mol. The van der Waals surface area contributed by atoms with Crippen molar-refractivity contribution < 1.29 is 8.78 Å². The molecule has 5 heteroatoms. The molecule has 2 aromatic rings. The minimum Gasteiger partial charge on any atom is -0.309 e. The standard InChI is InChI=1S/C15H15ClF2N2/c1-2-19-14(13-7-6-11(16)9-20-13)8-10-4-3-5-12(17)15(10)18/h3-7,9,14,19H,2,8H2,1H3. The minimum absolute atomic E-state index is 0.187. The smallest absolute Gasteiger partial charge is 0.162 e. The molecule has 0 aliphatic carbocycles. The van der Waals surface area contributed by atoms with E-state index >= 15 is 0 Å². The molecule has 0 spiro atoms. The predicted octanol–water partition coefficient (Wildman–Crippen LogP) is 3.91. The van der Waals surface area contributed by atoms with Gasteiger partial charge in [-0.1, -0.05) is 30.7 Å². The van der Waals surface area contributed by atoms with Gasteiger partial charge in [-0.2, -0.15) is 0 Å². The van der Waals surface area contributed by atoms with Crippen molar-refractivity contribution >= 4 is 11.6 Å². The molecule has 0 bridgehead atoms. The number of likely N-dealkylation sites (N-methyl/N-ethyl adjacent to an activating group) is 1. The largest absolute Gasteiger partial charge is 0.309 e. The van der Waals surface area contributed by atoms with Gasteiger partial charge in [-0.3, -0.25) is 4.98 Å². The van der Waals surface area contributed by atoms with E-state index in [1.807, 2.05) is 6.92 Å². The summed E-state index contributed by atoms with van der Waals surface area (Å²) in [5.74, 6) is -1.63. The first-order valence-electron chi connectivity index (χ1n) is 6.39. The van der Waals surface area contributed by atoms with Crippen molar-refractivity contribution in [2.24, 2.45) is 0 Å². The van der Waals surface area contributed by atoms with Gasteiger partial charge in [0.1, 0.15) is 0 Å². The number of pyridine rings is 1. The fourth-order valence-corrected chi connectivity index (χ4v) is 2.16. The van der Waals surface area contributed by atoms with Crippen LogP contribution in [0.4, 0.5) is 8.78 Å². The van der Waals surface area contributed by atoms with Gasteiger partial charge in [0.05, 0.1) is 16.8 Å². The fraction of sp³-hybridized carbons (Fsp3) is 0.267. The molecular formula is C15H15ClF2N2. The maximum Gasteiger partial charge on any atom is 0.162 e. The van der Waals surface area contributed by atoms with Gasteiger partial charge in [-0.15, -0.1) is 0 Å². The highest BCUT2D eigenvalue weighted by molar-refractivity contribution is 6.30. The summed E-state index contributed by atoms with van der Waals surface area (Å²) in [5.41, 5.74) is 1.08. The third-order valence-electron chi connectivity index (χ3n) is 3.01. The number of hydrogen-bond acceptors (Lipinski definition) is 2. The predicted molar refractivity (Wildman–Crippen MR) is 75.7 cm³/mol. The van der Waals surface area contributed by atoms with E-state index in [4.69, 9.17) is 11.6 Å². The first kappa shape index (κ1) is 14.9. The molecule has 1 aromatic carbocycles. The Balaban J connectivity index is 2.25. The molecule has 2 nitrogen and oxygen atoms in total. The van der Waals surface area contributed by atoms with Gasteiger partial charge in [0, 0.05) is 6.20 Å². The Morgan fingerprint density at radius 1 is 1.25 bits per heavy atom. The summed E-state index contributed by atoms with van der Waals surface area (Å²) in [7, 11) is 0. The number of nitrogens with one attached hydrogen (secondary N) is 1. The summed E-state index contributed by atoms with van der Waals surface area (Å²) in [5, 5.41) is 3.76. The lowest BCUT2D eigenvalue weighted by molar-refractivity contribution is 0.478. The second kappa shape index (κ2) is 6.77. The molecule has 0 aliphatic heterocycles. The van der Waals surface area contributed by atoms with Crippen LogP contribution in [-0.4, -0.2) is 11.5 Å². The highest BCUT2D eigenvalue weighted by Gasteiger charge is 2.16. The lowest BCUT2D eigenvalue weighted by Gasteiger charge is -2.18. The van der Waals surface area contributed by atoms with Crippen LogP contribution in [0.5, 0.6) is 0 Å². The number of rotatable bonds is 5. The molecule has 0 saturated carbocycles. The van der Waals surface area contributed by atoms with E-state index in [2.05, 4.69) is 10.3 Å². The first-order valence-corrected chi connectivity index (χ1v) is 6.77. The molecule has 106 valence electrons. The zero-order chi connectivity index (χ0) is 14.5. The highest BCUT2D eigenvalue weighted by Crippen LogP contribution is 2.21. The molecule has 0 fully saturated rings. The van der Waals surface area contributed by atoms with Crippen LogP contribution in [0, 0.1) is 11.6 Å². The van der Waals surface area contributed by atoms with Crippen LogP contribution in [0.15, 0.2) is 36.5 Å². The molecule has 1 heterocycles. The summed E-state index contributed by atoms with van der Waals surface area (Å²) in [6, 6.07) is 7.53. The summed E-state index contributed by atoms with van der Waals surface area (Å²) in [4.78, 5) is 4.23. The lowest BCUT2D eigenvalue weighted by atomic mass is 10.0. The van der Waals surface area contributed by atoms with Crippen molar-refractivity contribution in [3.05, 3.63) is 64.4 Å². The number of hydrogen-bond donors (Lipinski definition) is 1. The Labute approximate surface area is 121 Å². The quantitative estimate of drug-likeness (QED) is 0.905. The van der Waals surface area contributed by atoms with Crippen molar-refractivity contribution in [1.82, 2.24) is 10.3 Å². The zero-order valence-corrected chi connectivity index (χ0v) is 11.8. The molecule has 0 amide bonds. The molecule has 1 atom stereocenters. The Bertz CT molecular complexity index is 573. The Hall–Kier alpha value is -1.52. The minimum atomic E-state index is -0.832. The Morgan fingerprint density at radius 3 is 2.70 bits per heavy atom. The van der Waals surface area contributed by atoms with Crippen molar-refractivity contribution in [3.63, 3.8) is 0 Å². The van der Waals surface area contributed by atoms with E-state index in [9.17, 15) is 8.78 Å². The Kier molecular flexibility index (Phi) is 5.04. The van der Waals surface area contributed by atoms with Crippen molar-refractivity contribution in [2.75, 3.05) is 6.54 Å². The second-order valence-corrected chi connectivity index (χ2v) is 4.87. The number of benzene rings is 1. The summed E-state index contributed by atoms with van der Waals surface area (Å²) in [6.07, 6.45) is 1.87. The maximum atomic E-state index is 13.7. The number of nitrogens with zero attached hydrogens (tertiary/aromatic N) is 1. The molecule has 1 aromatic heterocycles. The van der Waals surface area contributed by atoms with Crippen LogP contribution >= 0.6 is 11.6 Å².